The van der Waals surface area contributed by atoms with Crippen LogP contribution >= 0.6 is 0 Å². The van der Waals surface area contributed by atoms with E-state index in [1.54, 1.807) is 13.0 Å². The SMILES string of the molecule is Cc1cc(-c2cnc3c(c2)NCN3C)ccc1F. The van der Waals surface area contributed by atoms with Crippen molar-refractivity contribution < 1.29 is 4.39 Å². The molecule has 1 aliphatic rings. The molecule has 1 N–H and O–H groups in total. The fourth-order valence-corrected chi connectivity index (χ4v) is 2.15. The lowest BCUT2D eigenvalue weighted by molar-refractivity contribution is 0.619. The van der Waals surface area contributed by atoms with Gasteiger partial charge in [0.1, 0.15) is 5.82 Å². The van der Waals surface area contributed by atoms with E-state index in [0.29, 0.717) is 5.56 Å². The molecule has 0 saturated carbocycles. The first-order chi connectivity index (χ1) is 8.65. The number of rotatable bonds is 1. The molecule has 4 heteroatoms. The van der Waals surface area contributed by atoms with Gasteiger partial charge < -0.3 is 10.2 Å². The van der Waals surface area contributed by atoms with E-state index in [9.17, 15) is 4.39 Å². The molecule has 3 nitrogen and oxygen atoms in total. The van der Waals surface area contributed by atoms with E-state index < -0.39 is 0 Å². The zero-order chi connectivity index (χ0) is 12.7. The van der Waals surface area contributed by atoms with Gasteiger partial charge in [-0.2, -0.15) is 0 Å². The van der Waals surface area contributed by atoms with Crippen LogP contribution in [0.3, 0.4) is 0 Å². The highest BCUT2D eigenvalue weighted by Crippen LogP contribution is 2.32. The van der Waals surface area contributed by atoms with Gasteiger partial charge in [0.05, 0.1) is 12.4 Å². The van der Waals surface area contributed by atoms with E-state index in [2.05, 4.69) is 21.3 Å². The maximum absolute atomic E-state index is 13.3. The monoisotopic (exact) mass is 243 g/mol. The predicted octanol–water partition coefficient (Wildman–Crippen LogP) is 3.02. The zero-order valence-electron chi connectivity index (χ0n) is 10.4. The van der Waals surface area contributed by atoms with E-state index in [0.717, 1.165) is 29.3 Å². The molecule has 0 unspecified atom stereocenters. The molecule has 0 saturated heterocycles. The van der Waals surface area contributed by atoms with Gasteiger partial charge in [-0.05, 0) is 36.2 Å². The lowest BCUT2D eigenvalue weighted by Gasteiger charge is -2.09. The Kier molecular flexibility index (Phi) is 2.44. The van der Waals surface area contributed by atoms with E-state index in [1.807, 2.05) is 19.3 Å². The fraction of sp³-hybridized carbons (Fsp3) is 0.214. The van der Waals surface area contributed by atoms with E-state index in [-0.39, 0.29) is 5.82 Å². The fourth-order valence-electron chi connectivity index (χ4n) is 2.15. The standard InChI is InChI=1S/C14H14FN3/c1-9-5-10(3-4-12(9)15)11-6-13-14(16-7-11)18(2)8-17-13/h3-7,17H,8H2,1-2H3. The van der Waals surface area contributed by atoms with Crippen molar-refractivity contribution in [2.75, 3.05) is 23.9 Å². The largest absolute Gasteiger partial charge is 0.365 e. The summed E-state index contributed by atoms with van der Waals surface area (Å²) in [7, 11) is 1.99. The summed E-state index contributed by atoms with van der Waals surface area (Å²) in [5.74, 6) is 0.781. The van der Waals surface area contributed by atoms with Gasteiger partial charge in [0.15, 0.2) is 5.82 Å². The molecule has 1 aliphatic heterocycles. The summed E-state index contributed by atoms with van der Waals surface area (Å²) < 4.78 is 13.3. The number of halogens is 1. The summed E-state index contributed by atoms with van der Waals surface area (Å²) in [6, 6.07) is 7.18. The molecular formula is C14H14FN3. The Hall–Kier alpha value is -2.10. The number of nitrogens with zero attached hydrogens (tertiary/aromatic N) is 2. The third-order valence-corrected chi connectivity index (χ3v) is 3.23. The Balaban J connectivity index is 2.05. The summed E-state index contributed by atoms with van der Waals surface area (Å²) in [5.41, 5.74) is 3.66. The van der Waals surface area contributed by atoms with Gasteiger partial charge in [0, 0.05) is 18.8 Å². The van der Waals surface area contributed by atoms with Crippen LogP contribution in [-0.2, 0) is 0 Å². The number of hydrogen-bond acceptors (Lipinski definition) is 3. The Bertz CT molecular complexity index is 610. The molecule has 18 heavy (non-hydrogen) atoms. The van der Waals surface area contributed by atoms with Crippen LogP contribution in [0.2, 0.25) is 0 Å². The van der Waals surface area contributed by atoms with E-state index >= 15 is 0 Å². The van der Waals surface area contributed by atoms with E-state index in [4.69, 9.17) is 0 Å². The van der Waals surface area contributed by atoms with Crippen molar-refractivity contribution in [1.29, 1.82) is 0 Å². The van der Waals surface area contributed by atoms with Gasteiger partial charge in [-0.1, -0.05) is 6.07 Å². The first kappa shape index (κ1) is 11.0. The molecule has 1 aromatic heterocycles. The third-order valence-electron chi connectivity index (χ3n) is 3.23. The minimum atomic E-state index is -0.175. The lowest BCUT2D eigenvalue weighted by Crippen LogP contribution is -2.16. The Morgan fingerprint density at radius 3 is 2.89 bits per heavy atom. The van der Waals surface area contributed by atoms with Crippen LogP contribution < -0.4 is 10.2 Å². The van der Waals surface area contributed by atoms with Gasteiger partial charge in [-0.25, -0.2) is 9.37 Å². The first-order valence-electron chi connectivity index (χ1n) is 5.87. The van der Waals surface area contributed by atoms with Crippen LogP contribution in [0, 0.1) is 12.7 Å². The van der Waals surface area contributed by atoms with Crippen molar-refractivity contribution in [1.82, 2.24) is 4.98 Å². The van der Waals surface area contributed by atoms with Gasteiger partial charge in [0.25, 0.3) is 0 Å². The number of benzene rings is 1. The topological polar surface area (TPSA) is 28.2 Å². The summed E-state index contributed by atoms with van der Waals surface area (Å²) in [4.78, 5) is 6.49. The quantitative estimate of drug-likeness (QED) is 0.834. The average Bonchev–Trinajstić information content (AvgIpc) is 2.74. The van der Waals surface area contributed by atoms with Crippen LogP contribution in [0.4, 0.5) is 15.9 Å². The molecule has 2 aromatic rings. The van der Waals surface area contributed by atoms with Crippen molar-refractivity contribution in [3.63, 3.8) is 0 Å². The molecule has 0 amide bonds. The molecule has 0 fully saturated rings. The highest BCUT2D eigenvalue weighted by Gasteiger charge is 2.16. The molecule has 0 aliphatic carbocycles. The van der Waals surface area contributed by atoms with Crippen molar-refractivity contribution in [3.8, 4) is 11.1 Å². The first-order valence-corrected chi connectivity index (χ1v) is 5.87. The zero-order valence-corrected chi connectivity index (χ0v) is 10.4. The predicted molar refractivity (Wildman–Crippen MR) is 71.3 cm³/mol. The lowest BCUT2D eigenvalue weighted by atomic mass is 10.0. The van der Waals surface area contributed by atoms with Crippen LogP contribution in [0.25, 0.3) is 11.1 Å². The highest BCUT2D eigenvalue weighted by atomic mass is 19.1. The molecule has 0 spiro atoms. The molecular weight excluding hydrogens is 229 g/mol. The van der Waals surface area contributed by atoms with Crippen LogP contribution in [0.5, 0.6) is 0 Å². The normalized spacial score (nSPS) is 13.4. The highest BCUT2D eigenvalue weighted by molar-refractivity contribution is 5.77. The van der Waals surface area contributed by atoms with Crippen molar-refractivity contribution in [2.24, 2.45) is 0 Å². The van der Waals surface area contributed by atoms with Gasteiger partial charge in [-0.3, -0.25) is 0 Å². The second kappa shape index (κ2) is 3.98. The number of nitrogens with one attached hydrogen (secondary N) is 1. The Labute approximate surface area is 105 Å². The molecule has 0 radical (unpaired) electrons. The van der Waals surface area contributed by atoms with Crippen molar-refractivity contribution in [3.05, 3.63) is 41.8 Å². The van der Waals surface area contributed by atoms with Gasteiger partial charge in [0.2, 0.25) is 0 Å². The molecule has 92 valence electrons. The molecule has 1 aromatic carbocycles. The number of anilines is 2. The summed E-state index contributed by atoms with van der Waals surface area (Å²) in [5, 5.41) is 3.28. The number of aromatic nitrogens is 1. The number of pyridine rings is 1. The second-order valence-corrected chi connectivity index (χ2v) is 4.59. The summed E-state index contributed by atoms with van der Waals surface area (Å²) >= 11 is 0. The van der Waals surface area contributed by atoms with Crippen LogP contribution in [0.15, 0.2) is 30.5 Å². The molecule has 0 atom stereocenters. The van der Waals surface area contributed by atoms with Crippen molar-refractivity contribution in [2.45, 2.75) is 6.92 Å². The minimum absolute atomic E-state index is 0.175. The minimum Gasteiger partial charge on any atom is -0.365 e. The average molecular weight is 243 g/mol. The Morgan fingerprint density at radius 2 is 2.11 bits per heavy atom. The Morgan fingerprint density at radius 1 is 1.28 bits per heavy atom. The summed E-state index contributed by atoms with van der Waals surface area (Å²) in [6.45, 7) is 2.54. The van der Waals surface area contributed by atoms with Crippen LogP contribution in [0.1, 0.15) is 5.56 Å². The smallest absolute Gasteiger partial charge is 0.153 e. The number of aryl methyl sites for hydroxylation is 1. The molecule has 3 rings (SSSR count). The van der Waals surface area contributed by atoms with Crippen molar-refractivity contribution >= 4 is 11.5 Å². The second-order valence-electron chi connectivity index (χ2n) is 4.59. The number of hydrogen-bond donors (Lipinski definition) is 1. The number of fused-ring (bicyclic) bond motifs is 1. The summed E-state index contributed by atoms with van der Waals surface area (Å²) in [6.07, 6.45) is 1.83. The van der Waals surface area contributed by atoms with Crippen LogP contribution in [-0.4, -0.2) is 18.7 Å². The molecule has 0 bridgehead atoms. The van der Waals surface area contributed by atoms with Gasteiger partial charge in [-0.15, -0.1) is 0 Å². The van der Waals surface area contributed by atoms with E-state index in [1.165, 1.54) is 6.07 Å². The maximum Gasteiger partial charge on any atom is 0.153 e. The maximum atomic E-state index is 13.3. The van der Waals surface area contributed by atoms with Gasteiger partial charge >= 0.3 is 0 Å². The molecule has 2 heterocycles. The third kappa shape index (κ3) is 1.70.